The minimum Gasteiger partial charge on any atom is -0.306 e. The number of rotatable bonds is 3. The number of benzene rings is 2. The summed E-state index contributed by atoms with van der Waals surface area (Å²) >= 11 is 12.0. The predicted octanol–water partition coefficient (Wildman–Crippen LogP) is 6.18. The summed E-state index contributed by atoms with van der Waals surface area (Å²) in [5.41, 5.74) is 5.07. The molecule has 0 spiro atoms. The van der Waals surface area contributed by atoms with Crippen molar-refractivity contribution >= 4 is 40.6 Å². The van der Waals surface area contributed by atoms with Crippen LogP contribution in [-0.4, -0.2) is 15.3 Å². The van der Waals surface area contributed by atoms with Gasteiger partial charge in [-0.05, 0) is 49.7 Å². The zero-order valence-electron chi connectivity index (χ0n) is 15.3. The minimum atomic E-state index is -0.283. The minimum absolute atomic E-state index is 0.283. The van der Waals surface area contributed by atoms with Crippen LogP contribution in [0.15, 0.2) is 60.8 Å². The van der Waals surface area contributed by atoms with Gasteiger partial charge in [0, 0.05) is 17.3 Å². The van der Waals surface area contributed by atoms with Crippen molar-refractivity contribution in [3.63, 3.8) is 0 Å². The molecule has 0 fully saturated rings. The zero-order chi connectivity index (χ0) is 19.8. The van der Waals surface area contributed by atoms with Gasteiger partial charge in [-0.15, -0.1) is 0 Å². The third kappa shape index (κ3) is 3.49. The molecule has 0 radical (unpaired) electrons. The number of carbonyl (C=O) groups excluding carboxylic acids is 1. The number of hydrogen-bond donors (Lipinski definition) is 1. The first kappa shape index (κ1) is 18.5. The molecule has 4 rings (SSSR count). The molecule has 4 nitrogen and oxygen atoms in total. The number of aryl methyl sites for hydroxylation is 2. The Morgan fingerprint density at radius 1 is 0.929 bits per heavy atom. The lowest BCUT2D eigenvalue weighted by Gasteiger charge is -2.09. The van der Waals surface area contributed by atoms with Gasteiger partial charge in [-0.2, -0.15) is 0 Å². The molecule has 0 unspecified atom stereocenters. The average molecular weight is 410 g/mol. The molecule has 1 N–H and O–H groups in total. The van der Waals surface area contributed by atoms with Crippen molar-refractivity contribution in [1.29, 1.82) is 0 Å². The van der Waals surface area contributed by atoms with E-state index >= 15 is 0 Å². The maximum Gasteiger partial charge on any atom is 0.256 e. The molecule has 0 aliphatic heterocycles. The van der Waals surface area contributed by atoms with Gasteiger partial charge in [-0.1, -0.05) is 53.0 Å². The number of carbonyl (C=O) groups is 1. The van der Waals surface area contributed by atoms with Crippen molar-refractivity contribution < 1.29 is 4.79 Å². The molecule has 2 aromatic heterocycles. The van der Waals surface area contributed by atoms with Crippen molar-refractivity contribution in [2.24, 2.45) is 0 Å². The van der Waals surface area contributed by atoms with E-state index in [1.165, 1.54) is 0 Å². The largest absolute Gasteiger partial charge is 0.306 e. The molecule has 0 atom stereocenters. The van der Waals surface area contributed by atoms with Crippen LogP contribution in [0.2, 0.25) is 10.0 Å². The van der Waals surface area contributed by atoms with Crippen LogP contribution in [0.5, 0.6) is 0 Å². The number of hydrogen-bond acceptors (Lipinski definition) is 2. The number of aromatic nitrogens is 2. The molecule has 6 heteroatoms. The Hall–Kier alpha value is -2.82. The SMILES string of the molecule is Cc1ccc(-c2nc3cc(C)ccn3c2NC(=O)c2ccc(Cl)c(Cl)c2)cc1. The molecular formula is C22H17Cl2N3O. The van der Waals surface area contributed by atoms with Gasteiger partial charge in [0.25, 0.3) is 5.91 Å². The first-order chi connectivity index (χ1) is 13.4. The lowest BCUT2D eigenvalue weighted by molar-refractivity contribution is 0.102. The fourth-order valence-electron chi connectivity index (χ4n) is 3.00. The normalized spacial score (nSPS) is 11.0. The summed E-state index contributed by atoms with van der Waals surface area (Å²) in [6.07, 6.45) is 1.90. The molecular weight excluding hydrogens is 393 g/mol. The zero-order valence-corrected chi connectivity index (χ0v) is 16.8. The van der Waals surface area contributed by atoms with Crippen LogP contribution in [0.25, 0.3) is 16.9 Å². The second kappa shape index (κ2) is 7.30. The Morgan fingerprint density at radius 3 is 2.39 bits per heavy atom. The van der Waals surface area contributed by atoms with Crippen molar-refractivity contribution in [2.75, 3.05) is 5.32 Å². The van der Waals surface area contributed by atoms with Crippen molar-refractivity contribution in [3.8, 4) is 11.3 Å². The Balaban J connectivity index is 1.82. The second-order valence-corrected chi connectivity index (χ2v) is 7.50. The summed E-state index contributed by atoms with van der Waals surface area (Å²) in [4.78, 5) is 17.6. The molecule has 2 aromatic carbocycles. The van der Waals surface area contributed by atoms with Gasteiger partial charge in [0.05, 0.1) is 10.0 Å². The summed E-state index contributed by atoms with van der Waals surface area (Å²) in [5.74, 6) is 0.323. The van der Waals surface area contributed by atoms with Gasteiger partial charge in [0.2, 0.25) is 0 Å². The summed E-state index contributed by atoms with van der Waals surface area (Å²) < 4.78 is 1.87. The van der Waals surface area contributed by atoms with E-state index in [1.54, 1.807) is 18.2 Å². The molecule has 1 amide bonds. The number of nitrogens with one attached hydrogen (secondary N) is 1. The Kier molecular flexibility index (Phi) is 4.84. The molecule has 2 heterocycles. The van der Waals surface area contributed by atoms with Gasteiger partial charge in [-0.3, -0.25) is 9.20 Å². The first-order valence-electron chi connectivity index (χ1n) is 8.74. The highest BCUT2D eigenvalue weighted by atomic mass is 35.5. The Morgan fingerprint density at radius 2 is 1.68 bits per heavy atom. The van der Waals surface area contributed by atoms with Gasteiger partial charge < -0.3 is 5.32 Å². The van der Waals surface area contributed by atoms with Crippen LogP contribution in [0.4, 0.5) is 5.82 Å². The lowest BCUT2D eigenvalue weighted by Crippen LogP contribution is -2.14. The number of anilines is 1. The third-order valence-electron chi connectivity index (χ3n) is 4.52. The van der Waals surface area contributed by atoms with E-state index in [4.69, 9.17) is 28.2 Å². The van der Waals surface area contributed by atoms with Gasteiger partial charge in [0.15, 0.2) is 0 Å². The van der Waals surface area contributed by atoms with E-state index in [0.717, 1.165) is 22.3 Å². The average Bonchev–Trinajstić information content (AvgIpc) is 3.02. The van der Waals surface area contributed by atoms with Gasteiger partial charge in [0.1, 0.15) is 17.2 Å². The van der Waals surface area contributed by atoms with E-state index in [1.807, 2.05) is 60.8 Å². The van der Waals surface area contributed by atoms with E-state index in [9.17, 15) is 4.79 Å². The quantitative estimate of drug-likeness (QED) is 0.439. The number of amides is 1. The molecule has 0 bridgehead atoms. The molecule has 0 aliphatic rings. The first-order valence-corrected chi connectivity index (χ1v) is 9.50. The maximum absolute atomic E-state index is 12.9. The smallest absolute Gasteiger partial charge is 0.256 e. The fourth-order valence-corrected chi connectivity index (χ4v) is 3.29. The van der Waals surface area contributed by atoms with E-state index in [2.05, 4.69) is 5.32 Å². The van der Waals surface area contributed by atoms with Crippen molar-refractivity contribution in [2.45, 2.75) is 13.8 Å². The Labute approximate surface area is 172 Å². The fraction of sp³-hybridized carbons (Fsp3) is 0.0909. The number of pyridine rings is 1. The van der Waals surface area contributed by atoms with Crippen LogP contribution in [0.1, 0.15) is 21.5 Å². The van der Waals surface area contributed by atoms with Crippen LogP contribution in [-0.2, 0) is 0 Å². The summed E-state index contributed by atoms with van der Waals surface area (Å²) in [6, 6.07) is 16.8. The second-order valence-electron chi connectivity index (χ2n) is 6.69. The number of imidazole rings is 1. The van der Waals surface area contributed by atoms with Crippen LogP contribution in [0, 0.1) is 13.8 Å². The number of halogens is 2. The molecule has 140 valence electrons. The summed E-state index contributed by atoms with van der Waals surface area (Å²) in [6.45, 7) is 4.04. The molecule has 28 heavy (non-hydrogen) atoms. The van der Waals surface area contributed by atoms with E-state index in [0.29, 0.717) is 27.1 Å². The highest BCUT2D eigenvalue weighted by Gasteiger charge is 2.18. The van der Waals surface area contributed by atoms with Crippen LogP contribution in [0.3, 0.4) is 0 Å². The van der Waals surface area contributed by atoms with Crippen LogP contribution >= 0.6 is 23.2 Å². The van der Waals surface area contributed by atoms with Gasteiger partial charge >= 0.3 is 0 Å². The molecule has 4 aromatic rings. The highest BCUT2D eigenvalue weighted by molar-refractivity contribution is 6.42. The topological polar surface area (TPSA) is 46.4 Å². The standard InChI is InChI=1S/C22H17Cl2N3O/c1-13-3-5-15(6-4-13)20-21(27-10-9-14(2)11-19(27)25-20)26-22(28)16-7-8-17(23)18(24)12-16/h3-12H,1-2H3,(H,26,28). The number of nitrogens with zero attached hydrogens (tertiary/aromatic N) is 2. The summed E-state index contributed by atoms with van der Waals surface area (Å²) in [5, 5.41) is 3.73. The third-order valence-corrected chi connectivity index (χ3v) is 5.26. The monoisotopic (exact) mass is 409 g/mol. The van der Waals surface area contributed by atoms with Gasteiger partial charge in [-0.25, -0.2) is 4.98 Å². The van der Waals surface area contributed by atoms with E-state index < -0.39 is 0 Å². The Bertz CT molecular complexity index is 1200. The molecule has 0 aliphatic carbocycles. The van der Waals surface area contributed by atoms with Crippen molar-refractivity contribution in [1.82, 2.24) is 9.38 Å². The maximum atomic E-state index is 12.9. The lowest BCUT2D eigenvalue weighted by atomic mass is 10.1. The van der Waals surface area contributed by atoms with E-state index in [-0.39, 0.29) is 5.91 Å². The molecule has 0 saturated carbocycles. The van der Waals surface area contributed by atoms with Crippen molar-refractivity contribution in [3.05, 3.63) is 87.5 Å². The summed E-state index contributed by atoms with van der Waals surface area (Å²) in [7, 11) is 0. The highest BCUT2D eigenvalue weighted by Crippen LogP contribution is 2.30. The predicted molar refractivity (Wildman–Crippen MR) is 115 cm³/mol. The molecule has 0 saturated heterocycles. The van der Waals surface area contributed by atoms with Crippen LogP contribution < -0.4 is 5.32 Å². The number of fused-ring (bicyclic) bond motifs is 1.